The van der Waals surface area contributed by atoms with Crippen LogP contribution in [-0.2, 0) is 19.7 Å². The maximum atomic E-state index is 5.84. The van der Waals surface area contributed by atoms with E-state index >= 15 is 0 Å². The van der Waals surface area contributed by atoms with Crippen molar-refractivity contribution in [2.75, 3.05) is 19.8 Å². The largest absolute Gasteiger partial charge is 0.501 e. The zero-order valence-electron chi connectivity index (χ0n) is 12.0. The van der Waals surface area contributed by atoms with Gasteiger partial charge in [0.1, 0.15) is 0 Å². The maximum Gasteiger partial charge on any atom is 0.501 e. The van der Waals surface area contributed by atoms with Gasteiger partial charge in [0, 0.05) is 30.8 Å². The molecular formula is C14H24O3SSi. The van der Waals surface area contributed by atoms with E-state index in [-0.39, 0.29) is 0 Å². The van der Waals surface area contributed by atoms with Crippen LogP contribution in [0.25, 0.3) is 0 Å². The second kappa shape index (κ2) is 8.76. The van der Waals surface area contributed by atoms with E-state index < -0.39 is 8.80 Å². The Kier molecular flexibility index (Phi) is 7.71. The highest BCUT2D eigenvalue weighted by Gasteiger charge is 2.39. The van der Waals surface area contributed by atoms with E-state index in [0.29, 0.717) is 19.8 Å². The van der Waals surface area contributed by atoms with E-state index in [2.05, 4.69) is 24.8 Å². The standard InChI is InChI=1S/C14H24O3SSi/c1-4-15-19(16-5-2,17-6-3)12-11-13-7-9-14(18)10-8-13/h7-10,18H,4-6,11-12H2,1-3H3. The highest BCUT2D eigenvalue weighted by Crippen LogP contribution is 2.20. The Bertz CT molecular complexity index is 339. The highest BCUT2D eigenvalue weighted by atomic mass is 32.1. The zero-order valence-corrected chi connectivity index (χ0v) is 13.9. The maximum absolute atomic E-state index is 5.84. The summed E-state index contributed by atoms with van der Waals surface area (Å²) in [5.41, 5.74) is 1.26. The molecule has 0 spiro atoms. The van der Waals surface area contributed by atoms with Crippen molar-refractivity contribution in [3.63, 3.8) is 0 Å². The molecule has 0 aliphatic rings. The third-order valence-corrected chi connectivity index (χ3v) is 6.09. The fourth-order valence-corrected chi connectivity index (χ4v) is 4.71. The third kappa shape index (κ3) is 5.67. The smallest absolute Gasteiger partial charge is 0.374 e. The van der Waals surface area contributed by atoms with Crippen LogP contribution in [0.3, 0.4) is 0 Å². The molecule has 0 aliphatic heterocycles. The fraction of sp³-hybridized carbons (Fsp3) is 0.571. The number of aryl methyl sites for hydroxylation is 1. The summed E-state index contributed by atoms with van der Waals surface area (Å²) in [7, 11) is -2.51. The summed E-state index contributed by atoms with van der Waals surface area (Å²) in [4.78, 5) is 0.978. The minimum atomic E-state index is -2.51. The van der Waals surface area contributed by atoms with Gasteiger partial charge in [-0.25, -0.2) is 0 Å². The first kappa shape index (κ1) is 16.7. The van der Waals surface area contributed by atoms with Gasteiger partial charge in [-0.1, -0.05) is 12.1 Å². The van der Waals surface area contributed by atoms with Crippen molar-refractivity contribution in [1.29, 1.82) is 0 Å². The number of thiol groups is 1. The predicted molar refractivity (Wildman–Crippen MR) is 82.8 cm³/mol. The first-order chi connectivity index (χ1) is 9.15. The molecule has 19 heavy (non-hydrogen) atoms. The first-order valence-electron chi connectivity index (χ1n) is 6.85. The van der Waals surface area contributed by atoms with Gasteiger partial charge in [0.05, 0.1) is 0 Å². The lowest BCUT2D eigenvalue weighted by molar-refractivity contribution is 0.0714. The Morgan fingerprint density at radius 3 is 1.79 bits per heavy atom. The quantitative estimate of drug-likeness (QED) is 0.558. The number of hydrogen-bond acceptors (Lipinski definition) is 4. The number of rotatable bonds is 9. The van der Waals surface area contributed by atoms with Crippen molar-refractivity contribution in [3.8, 4) is 0 Å². The molecule has 5 heteroatoms. The van der Waals surface area contributed by atoms with Crippen LogP contribution in [-0.4, -0.2) is 28.6 Å². The second-order valence-electron chi connectivity index (χ2n) is 4.15. The molecule has 0 aliphatic carbocycles. The average molecular weight is 300 g/mol. The zero-order chi connectivity index (χ0) is 14.1. The van der Waals surface area contributed by atoms with Crippen LogP contribution >= 0.6 is 12.6 Å². The lowest BCUT2D eigenvalue weighted by Crippen LogP contribution is -2.46. The Morgan fingerprint density at radius 2 is 1.37 bits per heavy atom. The Balaban J connectivity index is 2.67. The van der Waals surface area contributed by atoms with Crippen molar-refractivity contribution in [1.82, 2.24) is 0 Å². The molecule has 0 amide bonds. The van der Waals surface area contributed by atoms with Crippen LogP contribution in [0.15, 0.2) is 29.2 Å². The van der Waals surface area contributed by atoms with Crippen molar-refractivity contribution in [3.05, 3.63) is 29.8 Å². The molecule has 1 rings (SSSR count). The molecule has 0 heterocycles. The van der Waals surface area contributed by atoms with Crippen molar-refractivity contribution in [2.45, 2.75) is 38.1 Å². The molecule has 0 radical (unpaired) electrons. The van der Waals surface area contributed by atoms with E-state index in [1.165, 1.54) is 5.56 Å². The van der Waals surface area contributed by atoms with E-state index in [1.54, 1.807) is 0 Å². The van der Waals surface area contributed by atoms with Gasteiger partial charge in [-0.15, -0.1) is 12.6 Å². The molecule has 0 saturated heterocycles. The number of benzene rings is 1. The van der Waals surface area contributed by atoms with Crippen LogP contribution in [0.4, 0.5) is 0 Å². The Hall–Kier alpha value is -0.333. The highest BCUT2D eigenvalue weighted by molar-refractivity contribution is 7.80. The van der Waals surface area contributed by atoms with Crippen molar-refractivity contribution >= 4 is 21.4 Å². The summed E-state index contributed by atoms with van der Waals surface area (Å²) < 4.78 is 17.5. The topological polar surface area (TPSA) is 27.7 Å². The van der Waals surface area contributed by atoms with Gasteiger partial charge < -0.3 is 13.3 Å². The van der Waals surface area contributed by atoms with Gasteiger partial charge in [0.2, 0.25) is 0 Å². The van der Waals surface area contributed by atoms with E-state index in [1.807, 2.05) is 32.9 Å². The van der Waals surface area contributed by atoms with Crippen molar-refractivity contribution in [2.24, 2.45) is 0 Å². The summed E-state index contributed by atoms with van der Waals surface area (Å²) in [5.74, 6) is 0. The SMILES string of the molecule is CCO[Si](CCc1ccc(S)cc1)(OCC)OCC. The lowest BCUT2D eigenvalue weighted by Gasteiger charge is -2.28. The second-order valence-corrected chi connectivity index (χ2v) is 7.40. The molecule has 0 fully saturated rings. The van der Waals surface area contributed by atoms with Gasteiger partial charge >= 0.3 is 8.80 Å². The van der Waals surface area contributed by atoms with Gasteiger partial charge in [-0.05, 0) is 44.9 Å². The van der Waals surface area contributed by atoms with Crippen LogP contribution in [0.2, 0.25) is 6.04 Å². The molecule has 0 bridgehead atoms. The van der Waals surface area contributed by atoms with E-state index in [0.717, 1.165) is 17.4 Å². The molecule has 3 nitrogen and oxygen atoms in total. The van der Waals surface area contributed by atoms with Gasteiger partial charge in [-0.3, -0.25) is 0 Å². The Morgan fingerprint density at radius 1 is 0.895 bits per heavy atom. The summed E-state index contributed by atoms with van der Waals surface area (Å²) in [6.07, 6.45) is 0.903. The summed E-state index contributed by atoms with van der Waals surface area (Å²) >= 11 is 4.29. The van der Waals surface area contributed by atoms with E-state index in [4.69, 9.17) is 13.3 Å². The van der Waals surface area contributed by atoms with Crippen LogP contribution in [0.1, 0.15) is 26.3 Å². The lowest BCUT2D eigenvalue weighted by atomic mass is 10.2. The van der Waals surface area contributed by atoms with Gasteiger partial charge in [0.15, 0.2) is 0 Å². The average Bonchev–Trinajstić information content (AvgIpc) is 2.39. The van der Waals surface area contributed by atoms with Gasteiger partial charge in [-0.2, -0.15) is 0 Å². The molecule has 0 atom stereocenters. The molecule has 0 N–H and O–H groups in total. The van der Waals surface area contributed by atoms with E-state index in [9.17, 15) is 0 Å². The minimum Gasteiger partial charge on any atom is -0.374 e. The molecule has 1 aromatic rings. The summed E-state index contributed by atoms with van der Waals surface area (Å²) in [6, 6.07) is 9.00. The minimum absolute atomic E-state index is 0.627. The monoisotopic (exact) mass is 300 g/mol. The van der Waals surface area contributed by atoms with Crippen LogP contribution < -0.4 is 0 Å². The molecule has 0 saturated carbocycles. The summed E-state index contributed by atoms with van der Waals surface area (Å²) in [5, 5.41) is 0. The third-order valence-electron chi connectivity index (χ3n) is 2.75. The number of hydrogen-bond donors (Lipinski definition) is 1. The fourth-order valence-electron chi connectivity index (χ4n) is 1.96. The molecular weight excluding hydrogens is 276 g/mol. The molecule has 0 aromatic heterocycles. The van der Waals surface area contributed by atoms with Gasteiger partial charge in [0.25, 0.3) is 0 Å². The molecule has 0 unspecified atom stereocenters. The first-order valence-corrected chi connectivity index (χ1v) is 9.23. The van der Waals surface area contributed by atoms with Crippen molar-refractivity contribution < 1.29 is 13.3 Å². The van der Waals surface area contributed by atoms with Crippen LogP contribution in [0, 0.1) is 0 Å². The molecule has 108 valence electrons. The molecule has 1 aromatic carbocycles. The summed E-state index contributed by atoms with van der Waals surface area (Å²) in [6.45, 7) is 7.83. The Labute approximate surface area is 123 Å². The van der Waals surface area contributed by atoms with Crippen LogP contribution in [0.5, 0.6) is 0 Å². The normalized spacial score (nSPS) is 11.8. The predicted octanol–water partition coefficient (Wildman–Crippen LogP) is 3.57.